The van der Waals surface area contributed by atoms with Crippen molar-refractivity contribution in [2.24, 2.45) is 0 Å². The first-order chi connectivity index (χ1) is 14.6. The minimum atomic E-state index is 0.308. The van der Waals surface area contributed by atoms with Crippen LogP contribution in [-0.4, -0.2) is 22.7 Å². The third-order valence-electron chi connectivity index (χ3n) is 4.39. The third kappa shape index (κ3) is 6.54. The molecule has 0 bridgehead atoms. The topological polar surface area (TPSA) is 48.3 Å². The number of rotatable bonds is 11. The lowest BCUT2D eigenvalue weighted by atomic mass is 10.2. The number of hydrogen-bond donors (Lipinski definition) is 1. The Labute approximate surface area is 191 Å². The maximum Gasteiger partial charge on any atom is 0.180 e. The lowest BCUT2D eigenvalue weighted by Crippen LogP contribution is -2.16. The Bertz CT molecular complexity index is 949. The quantitative estimate of drug-likeness (QED) is 0.351. The van der Waals surface area contributed by atoms with Crippen molar-refractivity contribution < 1.29 is 9.47 Å². The van der Waals surface area contributed by atoms with Crippen LogP contribution >= 0.6 is 34.8 Å². The number of halogens is 3. The molecule has 0 unspecified atom stereocenters. The van der Waals surface area contributed by atoms with Crippen LogP contribution in [0.2, 0.25) is 15.1 Å². The zero-order valence-corrected chi connectivity index (χ0v) is 19.0. The smallest absolute Gasteiger partial charge is 0.180 e. The van der Waals surface area contributed by atoms with Gasteiger partial charge in [-0.05, 0) is 55.3 Å². The van der Waals surface area contributed by atoms with Crippen molar-refractivity contribution in [1.82, 2.24) is 14.9 Å². The molecule has 1 aromatic heterocycles. The summed E-state index contributed by atoms with van der Waals surface area (Å²) in [6.07, 6.45) is 6.58. The Morgan fingerprint density at radius 1 is 1.00 bits per heavy atom. The Hall–Kier alpha value is -1.92. The van der Waals surface area contributed by atoms with Crippen molar-refractivity contribution in [2.45, 2.75) is 33.0 Å². The van der Waals surface area contributed by atoms with Gasteiger partial charge >= 0.3 is 0 Å². The largest absolute Gasteiger partial charge is 0.490 e. The van der Waals surface area contributed by atoms with Gasteiger partial charge in [0.1, 0.15) is 6.61 Å². The van der Waals surface area contributed by atoms with Gasteiger partial charge in [0.25, 0.3) is 0 Å². The molecule has 0 saturated heterocycles. The Morgan fingerprint density at radius 2 is 1.83 bits per heavy atom. The molecule has 5 nitrogen and oxygen atoms in total. The van der Waals surface area contributed by atoms with E-state index in [0.717, 1.165) is 30.6 Å². The van der Waals surface area contributed by atoms with E-state index < -0.39 is 0 Å². The van der Waals surface area contributed by atoms with E-state index in [1.54, 1.807) is 18.3 Å². The van der Waals surface area contributed by atoms with Crippen LogP contribution in [0.15, 0.2) is 49.1 Å². The van der Waals surface area contributed by atoms with E-state index in [-0.39, 0.29) is 0 Å². The standard InChI is InChI=1S/C22H24Cl3N3O2/c1-2-29-21-12-17(13-26-6-3-8-28-9-7-27-15-28)11-20(25)22(21)30-14-16-4-5-18(23)19(24)10-16/h4-5,7,9-12,15,26H,2-3,6,8,13-14H2,1H3. The van der Waals surface area contributed by atoms with Gasteiger partial charge in [0.05, 0.1) is 28.0 Å². The number of hydrogen-bond acceptors (Lipinski definition) is 4. The zero-order valence-electron chi connectivity index (χ0n) is 16.7. The normalized spacial score (nSPS) is 10.9. The second-order valence-electron chi connectivity index (χ2n) is 6.71. The van der Waals surface area contributed by atoms with E-state index in [1.165, 1.54) is 0 Å². The van der Waals surface area contributed by atoms with Gasteiger partial charge in [0, 0.05) is 25.5 Å². The van der Waals surface area contributed by atoms with Gasteiger partial charge in [0.2, 0.25) is 0 Å². The molecule has 0 fully saturated rings. The van der Waals surface area contributed by atoms with Crippen LogP contribution in [0.3, 0.4) is 0 Å². The van der Waals surface area contributed by atoms with Crippen LogP contribution in [0.1, 0.15) is 24.5 Å². The zero-order chi connectivity index (χ0) is 21.3. The molecule has 3 rings (SSSR count). The van der Waals surface area contributed by atoms with Crippen LogP contribution in [0.25, 0.3) is 0 Å². The fourth-order valence-corrected chi connectivity index (χ4v) is 3.56. The van der Waals surface area contributed by atoms with E-state index in [9.17, 15) is 0 Å². The molecule has 0 aliphatic heterocycles. The van der Waals surface area contributed by atoms with E-state index in [1.807, 2.05) is 37.6 Å². The van der Waals surface area contributed by atoms with E-state index in [4.69, 9.17) is 44.3 Å². The summed E-state index contributed by atoms with van der Waals surface area (Å²) in [5.74, 6) is 1.15. The predicted octanol–water partition coefficient (Wildman–Crippen LogP) is 6.00. The summed E-state index contributed by atoms with van der Waals surface area (Å²) in [6.45, 7) is 5.26. The highest BCUT2D eigenvalue weighted by Gasteiger charge is 2.13. The highest BCUT2D eigenvalue weighted by atomic mass is 35.5. The van der Waals surface area contributed by atoms with Gasteiger partial charge in [0.15, 0.2) is 11.5 Å². The molecule has 8 heteroatoms. The molecule has 2 aromatic carbocycles. The monoisotopic (exact) mass is 467 g/mol. The summed E-state index contributed by atoms with van der Waals surface area (Å²) < 4.78 is 13.8. The fourth-order valence-electron chi connectivity index (χ4n) is 2.95. The maximum atomic E-state index is 6.51. The summed E-state index contributed by atoms with van der Waals surface area (Å²) in [7, 11) is 0. The molecular weight excluding hydrogens is 445 g/mol. The lowest BCUT2D eigenvalue weighted by Gasteiger charge is -2.16. The van der Waals surface area contributed by atoms with Crippen molar-refractivity contribution >= 4 is 34.8 Å². The Morgan fingerprint density at radius 3 is 2.57 bits per heavy atom. The molecule has 0 radical (unpaired) electrons. The van der Waals surface area contributed by atoms with Gasteiger partial charge < -0.3 is 19.4 Å². The molecule has 0 saturated carbocycles. The number of benzene rings is 2. The Balaban J connectivity index is 1.59. The fraction of sp³-hybridized carbons (Fsp3) is 0.318. The molecule has 0 amide bonds. The summed E-state index contributed by atoms with van der Waals surface area (Å²) in [6, 6.07) is 9.25. The van der Waals surface area contributed by atoms with Crippen LogP contribution < -0.4 is 14.8 Å². The molecular formula is C22H24Cl3N3O2. The van der Waals surface area contributed by atoms with E-state index >= 15 is 0 Å². The Kier molecular flexibility index (Phi) is 8.70. The third-order valence-corrected chi connectivity index (χ3v) is 5.41. The van der Waals surface area contributed by atoms with Crippen molar-refractivity contribution in [2.75, 3.05) is 13.2 Å². The highest BCUT2D eigenvalue weighted by Crippen LogP contribution is 2.37. The van der Waals surface area contributed by atoms with Crippen LogP contribution in [0, 0.1) is 0 Å². The summed E-state index contributed by atoms with van der Waals surface area (Å²) in [5.41, 5.74) is 1.93. The van der Waals surface area contributed by atoms with Crippen molar-refractivity contribution in [3.8, 4) is 11.5 Å². The van der Waals surface area contributed by atoms with Crippen molar-refractivity contribution in [3.05, 3.63) is 75.2 Å². The predicted molar refractivity (Wildman–Crippen MR) is 122 cm³/mol. The average Bonchev–Trinajstić information content (AvgIpc) is 3.23. The lowest BCUT2D eigenvalue weighted by molar-refractivity contribution is 0.269. The van der Waals surface area contributed by atoms with E-state index in [2.05, 4.69) is 14.9 Å². The molecule has 0 aliphatic carbocycles. The molecule has 160 valence electrons. The summed E-state index contributed by atoms with van der Waals surface area (Å²) in [4.78, 5) is 4.05. The minimum absolute atomic E-state index is 0.308. The van der Waals surface area contributed by atoms with Gasteiger partial charge in [-0.25, -0.2) is 4.98 Å². The number of aromatic nitrogens is 2. The first kappa shape index (κ1) is 22.8. The molecule has 0 atom stereocenters. The van der Waals surface area contributed by atoms with Gasteiger partial charge in [-0.15, -0.1) is 0 Å². The van der Waals surface area contributed by atoms with Crippen molar-refractivity contribution in [1.29, 1.82) is 0 Å². The van der Waals surface area contributed by atoms with Gasteiger partial charge in [-0.3, -0.25) is 0 Å². The molecule has 0 aliphatic rings. The van der Waals surface area contributed by atoms with E-state index in [0.29, 0.717) is 46.3 Å². The van der Waals surface area contributed by atoms with Gasteiger partial charge in [-0.1, -0.05) is 40.9 Å². The minimum Gasteiger partial charge on any atom is -0.490 e. The SMILES string of the molecule is CCOc1cc(CNCCCn2ccnc2)cc(Cl)c1OCc1ccc(Cl)c(Cl)c1. The molecule has 1 heterocycles. The number of nitrogens with one attached hydrogen (secondary N) is 1. The molecule has 30 heavy (non-hydrogen) atoms. The summed E-state index contributed by atoms with van der Waals surface area (Å²) in [5, 5.41) is 4.94. The average molecular weight is 469 g/mol. The molecule has 0 spiro atoms. The van der Waals surface area contributed by atoms with Crippen LogP contribution in [0.5, 0.6) is 11.5 Å². The van der Waals surface area contributed by atoms with Crippen LogP contribution in [-0.2, 0) is 19.7 Å². The first-order valence-corrected chi connectivity index (χ1v) is 10.9. The molecule has 3 aromatic rings. The van der Waals surface area contributed by atoms with Crippen molar-refractivity contribution in [3.63, 3.8) is 0 Å². The summed E-state index contributed by atoms with van der Waals surface area (Å²) >= 11 is 18.6. The number of ether oxygens (including phenoxy) is 2. The highest BCUT2D eigenvalue weighted by molar-refractivity contribution is 6.42. The molecule has 1 N–H and O–H groups in total. The maximum absolute atomic E-state index is 6.51. The number of imidazole rings is 1. The number of aryl methyl sites for hydroxylation is 1. The second kappa shape index (κ2) is 11.5. The van der Waals surface area contributed by atoms with Gasteiger partial charge in [-0.2, -0.15) is 0 Å². The number of nitrogens with zero attached hydrogens (tertiary/aromatic N) is 2. The second-order valence-corrected chi connectivity index (χ2v) is 7.93. The van der Waals surface area contributed by atoms with Crippen LogP contribution in [0.4, 0.5) is 0 Å². The first-order valence-electron chi connectivity index (χ1n) is 9.75.